The second-order valence-electron chi connectivity index (χ2n) is 10.7. The predicted molar refractivity (Wildman–Crippen MR) is 132 cm³/mol. The molecular formula is C26H43N3O4. The van der Waals surface area contributed by atoms with E-state index in [1.165, 1.54) is 0 Å². The van der Waals surface area contributed by atoms with E-state index in [0.717, 1.165) is 29.5 Å². The Labute approximate surface area is 199 Å². The molecule has 7 nitrogen and oxygen atoms in total. The Hall–Kier alpha value is -2.57. The van der Waals surface area contributed by atoms with Crippen molar-refractivity contribution in [3.63, 3.8) is 0 Å². The number of aryl methyl sites for hydroxylation is 2. The van der Waals surface area contributed by atoms with Crippen LogP contribution in [-0.2, 0) is 14.3 Å². The minimum Gasteiger partial charge on any atom is -0.444 e. The fraction of sp³-hybridized carbons (Fsp3) is 0.654. The Morgan fingerprint density at radius 3 is 2.03 bits per heavy atom. The zero-order valence-electron chi connectivity index (χ0n) is 22.1. The van der Waals surface area contributed by atoms with Crippen LogP contribution in [0.1, 0.15) is 91.0 Å². The normalized spacial score (nSPS) is 13.6. The number of carbonyl (C=O) groups excluding carboxylic acids is 3. The zero-order valence-corrected chi connectivity index (χ0v) is 22.1. The van der Waals surface area contributed by atoms with Gasteiger partial charge in [0.15, 0.2) is 0 Å². The molecule has 33 heavy (non-hydrogen) atoms. The number of rotatable bonds is 8. The van der Waals surface area contributed by atoms with E-state index in [2.05, 4.69) is 17.6 Å². The van der Waals surface area contributed by atoms with E-state index in [0.29, 0.717) is 0 Å². The van der Waals surface area contributed by atoms with Gasteiger partial charge in [0.2, 0.25) is 11.8 Å². The van der Waals surface area contributed by atoms with Gasteiger partial charge in [-0.15, -0.1) is 0 Å². The van der Waals surface area contributed by atoms with Crippen molar-refractivity contribution in [2.45, 2.75) is 105 Å². The Balaban J connectivity index is 3.40. The van der Waals surface area contributed by atoms with Crippen LogP contribution in [0.4, 0.5) is 4.79 Å². The number of hydrogen-bond donors (Lipinski definition) is 2. The van der Waals surface area contributed by atoms with E-state index < -0.39 is 23.3 Å². The molecule has 0 aromatic heterocycles. The number of benzene rings is 1. The van der Waals surface area contributed by atoms with Crippen LogP contribution in [0.25, 0.3) is 0 Å². The monoisotopic (exact) mass is 461 g/mol. The molecule has 1 aromatic rings. The predicted octanol–water partition coefficient (Wildman–Crippen LogP) is 4.80. The highest BCUT2D eigenvalue weighted by Gasteiger charge is 2.40. The molecule has 0 bridgehead atoms. The summed E-state index contributed by atoms with van der Waals surface area (Å²) < 4.78 is 5.26. The van der Waals surface area contributed by atoms with Crippen LogP contribution < -0.4 is 10.6 Å². The number of alkyl carbamates (subject to hydrolysis) is 1. The van der Waals surface area contributed by atoms with Crippen molar-refractivity contribution in [3.8, 4) is 0 Å². The Bertz CT molecular complexity index is 817. The smallest absolute Gasteiger partial charge is 0.408 e. The van der Waals surface area contributed by atoms with Gasteiger partial charge in [0, 0.05) is 11.6 Å². The average molecular weight is 462 g/mol. The molecule has 2 unspecified atom stereocenters. The summed E-state index contributed by atoms with van der Waals surface area (Å²) in [4.78, 5) is 40.9. The summed E-state index contributed by atoms with van der Waals surface area (Å²) in [6.07, 6.45) is 1.11. The summed E-state index contributed by atoms with van der Waals surface area (Å²) in [5.74, 6) is -0.590. The molecule has 2 atom stereocenters. The van der Waals surface area contributed by atoms with Crippen molar-refractivity contribution >= 4 is 17.9 Å². The fourth-order valence-corrected chi connectivity index (χ4v) is 3.92. The van der Waals surface area contributed by atoms with E-state index in [1.807, 2.05) is 59.7 Å². The molecule has 0 saturated heterocycles. The molecule has 0 aliphatic carbocycles. The van der Waals surface area contributed by atoms with E-state index in [9.17, 15) is 14.4 Å². The van der Waals surface area contributed by atoms with Gasteiger partial charge in [0.1, 0.15) is 18.2 Å². The van der Waals surface area contributed by atoms with Crippen molar-refractivity contribution in [2.75, 3.05) is 6.54 Å². The van der Waals surface area contributed by atoms with Crippen LogP contribution in [0.3, 0.4) is 0 Å². The van der Waals surface area contributed by atoms with Crippen LogP contribution in [0.2, 0.25) is 0 Å². The van der Waals surface area contributed by atoms with Gasteiger partial charge >= 0.3 is 6.09 Å². The first-order chi connectivity index (χ1) is 15.1. The third kappa shape index (κ3) is 8.71. The first-order valence-corrected chi connectivity index (χ1v) is 11.7. The molecule has 2 N–H and O–H groups in total. The van der Waals surface area contributed by atoms with Crippen LogP contribution in [0.5, 0.6) is 0 Å². The summed E-state index contributed by atoms with van der Waals surface area (Å²) in [5, 5.41) is 5.64. The third-order valence-electron chi connectivity index (χ3n) is 5.21. The third-order valence-corrected chi connectivity index (χ3v) is 5.21. The molecule has 0 aliphatic heterocycles. The molecule has 0 saturated carbocycles. The first kappa shape index (κ1) is 28.5. The van der Waals surface area contributed by atoms with Crippen LogP contribution in [0.15, 0.2) is 18.2 Å². The summed E-state index contributed by atoms with van der Waals surface area (Å²) in [5.41, 5.74) is 1.31. The van der Waals surface area contributed by atoms with E-state index in [-0.39, 0.29) is 24.4 Å². The topological polar surface area (TPSA) is 87.7 Å². The largest absolute Gasteiger partial charge is 0.444 e. The Morgan fingerprint density at radius 2 is 1.58 bits per heavy atom. The van der Waals surface area contributed by atoms with Gasteiger partial charge < -0.3 is 20.3 Å². The minimum absolute atomic E-state index is 0.0221. The van der Waals surface area contributed by atoms with Gasteiger partial charge in [-0.05, 0) is 85.4 Å². The molecule has 0 spiro atoms. The second-order valence-corrected chi connectivity index (χ2v) is 10.7. The second kappa shape index (κ2) is 11.5. The van der Waals surface area contributed by atoms with E-state index in [4.69, 9.17) is 4.74 Å². The molecule has 0 heterocycles. The fourth-order valence-electron chi connectivity index (χ4n) is 3.92. The van der Waals surface area contributed by atoms with Crippen molar-refractivity contribution in [2.24, 2.45) is 0 Å². The van der Waals surface area contributed by atoms with Gasteiger partial charge in [-0.3, -0.25) is 9.59 Å². The van der Waals surface area contributed by atoms with Crippen molar-refractivity contribution < 1.29 is 19.1 Å². The quantitative estimate of drug-likeness (QED) is 0.582. The molecule has 1 aromatic carbocycles. The first-order valence-electron chi connectivity index (χ1n) is 11.7. The number of carbonyl (C=O) groups is 3. The summed E-state index contributed by atoms with van der Waals surface area (Å²) >= 11 is 0. The van der Waals surface area contributed by atoms with E-state index in [1.54, 1.807) is 25.7 Å². The summed E-state index contributed by atoms with van der Waals surface area (Å²) in [6, 6.07) is 4.98. The van der Waals surface area contributed by atoms with Gasteiger partial charge in [-0.2, -0.15) is 0 Å². The van der Waals surface area contributed by atoms with Gasteiger partial charge in [-0.1, -0.05) is 31.5 Å². The van der Waals surface area contributed by atoms with Crippen molar-refractivity contribution in [1.29, 1.82) is 0 Å². The lowest BCUT2D eigenvalue weighted by Crippen LogP contribution is -2.56. The molecule has 186 valence electrons. The Kier molecular flexibility index (Phi) is 9.94. The van der Waals surface area contributed by atoms with Crippen molar-refractivity contribution in [1.82, 2.24) is 15.5 Å². The zero-order chi connectivity index (χ0) is 25.6. The van der Waals surface area contributed by atoms with Crippen LogP contribution in [0, 0.1) is 13.8 Å². The summed E-state index contributed by atoms with van der Waals surface area (Å²) in [6.45, 7) is 18.6. The highest BCUT2D eigenvalue weighted by atomic mass is 16.6. The van der Waals surface area contributed by atoms with Crippen LogP contribution in [-0.4, -0.2) is 46.5 Å². The molecule has 0 fully saturated rings. The maximum atomic E-state index is 13.6. The van der Waals surface area contributed by atoms with Gasteiger partial charge in [0.25, 0.3) is 0 Å². The molecule has 0 aliphatic rings. The number of ether oxygens (including phenoxy) is 1. The minimum atomic E-state index is -0.835. The molecule has 7 heteroatoms. The standard InChI is InChI=1S/C26H43N3O4/c1-11-13-19(4)28-23(31)22(21-17(2)14-12-15-18(21)3)29(25(5,6)7)20(30)16-27-24(32)33-26(8,9)10/h12,14-15,19,22H,11,13,16H2,1-10H3,(H,27,32)(H,28,31). The van der Waals surface area contributed by atoms with Gasteiger partial charge in [-0.25, -0.2) is 4.79 Å². The molecule has 1 rings (SSSR count). The maximum Gasteiger partial charge on any atom is 0.408 e. The number of amides is 3. The lowest BCUT2D eigenvalue weighted by atomic mass is 9.90. The molecule has 3 amide bonds. The Morgan fingerprint density at radius 1 is 1.03 bits per heavy atom. The number of nitrogens with zero attached hydrogens (tertiary/aromatic N) is 1. The highest BCUT2D eigenvalue weighted by molar-refractivity contribution is 5.91. The van der Waals surface area contributed by atoms with Gasteiger partial charge in [0.05, 0.1) is 0 Å². The van der Waals surface area contributed by atoms with Crippen molar-refractivity contribution in [3.05, 3.63) is 34.9 Å². The SMILES string of the molecule is CCCC(C)NC(=O)C(c1c(C)cccc1C)N(C(=O)CNC(=O)OC(C)(C)C)C(C)(C)C. The van der Waals surface area contributed by atoms with E-state index >= 15 is 0 Å². The summed E-state index contributed by atoms with van der Waals surface area (Å²) in [7, 11) is 0. The number of hydrogen-bond acceptors (Lipinski definition) is 4. The maximum absolute atomic E-state index is 13.6. The lowest BCUT2D eigenvalue weighted by Gasteiger charge is -2.42. The molecule has 0 radical (unpaired) electrons. The number of nitrogens with one attached hydrogen (secondary N) is 2. The average Bonchev–Trinajstić information content (AvgIpc) is 2.62. The van der Waals surface area contributed by atoms with Crippen LogP contribution >= 0.6 is 0 Å². The highest BCUT2D eigenvalue weighted by Crippen LogP contribution is 2.33. The molecular weight excluding hydrogens is 418 g/mol. The lowest BCUT2D eigenvalue weighted by molar-refractivity contribution is -0.146.